The topological polar surface area (TPSA) is 138 Å². The number of hydrogen-bond donors (Lipinski definition) is 2. The van der Waals surface area contributed by atoms with E-state index in [9.17, 15) is 32.3 Å². The first kappa shape index (κ1) is 53.0. The van der Waals surface area contributed by atoms with E-state index >= 15 is 4.39 Å². The van der Waals surface area contributed by atoms with Gasteiger partial charge in [-0.05, 0) is 124 Å². The molecule has 2 N–H and O–H groups in total. The van der Waals surface area contributed by atoms with Crippen LogP contribution >= 0.6 is 0 Å². The van der Waals surface area contributed by atoms with Crippen molar-refractivity contribution < 1.29 is 46.2 Å². The van der Waals surface area contributed by atoms with Gasteiger partial charge in [-0.15, -0.1) is 0 Å². The molecule has 6 bridgehead atoms. The number of amides is 3. The first-order valence-electron chi connectivity index (χ1n) is 24.4. The van der Waals surface area contributed by atoms with Crippen LogP contribution < -0.4 is 10.7 Å². The highest BCUT2D eigenvalue weighted by Gasteiger charge is 2.39. The van der Waals surface area contributed by atoms with E-state index in [2.05, 4.69) is 27.6 Å². The number of halogens is 4. The molecule has 3 aliphatic heterocycles. The van der Waals surface area contributed by atoms with E-state index in [-0.39, 0.29) is 56.4 Å². The third-order valence-corrected chi connectivity index (χ3v) is 13.9. The van der Waals surface area contributed by atoms with Crippen LogP contribution in [0.3, 0.4) is 0 Å². The number of nitrogens with one attached hydrogen (secondary N) is 2. The zero-order valence-electron chi connectivity index (χ0n) is 42.4. The molecular weight excluding hydrogens is 919 g/mol. The van der Waals surface area contributed by atoms with Gasteiger partial charge in [0.15, 0.2) is 0 Å². The standard InChI is InChI=1S/C54H67F4N7O6/c1-32(2)42(29-70-38-27-63(28-38)46(66)17-18-53(7,8)62(9)10)49(67)60-44-23-34-21-36(24-37(55)22-34)35-15-16-45-40(25-35)41(26-52(5,6)31-71-51(69)43-14-12-20-65(61-43)50(44)68)48(64(45)30-54(56,57)58)39-13-11-19-59-47(39)33(3)4/h11,13,15-16,19,21-22,24-25,32-33,38,42-44,61H,12,14,20,23,26-31H2,1-10H3,(H,60,67)/t42-,43-,44-/m0/s1. The second-order valence-electron chi connectivity index (χ2n) is 21.4. The van der Waals surface area contributed by atoms with Gasteiger partial charge in [-0.3, -0.25) is 34.1 Å². The van der Waals surface area contributed by atoms with Crippen molar-refractivity contribution >= 4 is 34.6 Å². The van der Waals surface area contributed by atoms with E-state index < -0.39 is 65.3 Å². The summed E-state index contributed by atoms with van der Waals surface area (Å²) in [6.07, 6.45) is -2.47. The van der Waals surface area contributed by atoms with E-state index in [1.165, 1.54) is 21.7 Å². The van der Waals surface area contributed by atoms with E-state index in [0.29, 0.717) is 76.0 Å². The number of hydrogen-bond acceptors (Lipinski definition) is 9. The molecule has 2 saturated heterocycles. The molecule has 0 saturated carbocycles. The Labute approximate surface area is 414 Å². The van der Waals surface area contributed by atoms with E-state index in [1.807, 2.05) is 74.4 Å². The average molecular weight is 986 g/mol. The Bertz CT molecular complexity index is 2710. The number of pyridine rings is 1. The van der Waals surface area contributed by atoms with Gasteiger partial charge in [0, 0.05) is 54.1 Å². The number of ether oxygens (including phenoxy) is 2. The van der Waals surface area contributed by atoms with Crippen LogP contribution in [0, 0.1) is 34.9 Å². The van der Waals surface area contributed by atoms with Crippen molar-refractivity contribution in [2.75, 3.05) is 46.9 Å². The monoisotopic (exact) mass is 986 g/mol. The number of rotatable bonds is 10. The smallest absolute Gasteiger partial charge is 0.406 e. The molecule has 2 fully saturated rings. The highest BCUT2D eigenvalue weighted by Crippen LogP contribution is 2.43. The fourth-order valence-electron chi connectivity index (χ4n) is 9.28. The molecule has 3 amide bonds. The summed E-state index contributed by atoms with van der Waals surface area (Å²) in [7, 11) is 3.77. The predicted octanol–water partition coefficient (Wildman–Crippen LogP) is 7.69. The minimum absolute atomic E-state index is 0.00321. The summed E-state index contributed by atoms with van der Waals surface area (Å²) < 4.78 is 73.4. The first-order valence-corrected chi connectivity index (χ1v) is 24.4. The minimum Gasteiger partial charge on any atom is -0.464 e. The van der Waals surface area contributed by atoms with Crippen molar-refractivity contribution in [2.24, 2.45) is 17.3 Å². The Morgan fingerprint density at radius 3 is 2.45 bits per heavy atom. The molecule has 7 rings (SSSR count). The maximum atomic E-state index is 16.0. The summed E-state index contributed by atoms with van der Waals surface area (Å²) in [5.74, 6) is 2.08. The molecule has 0 unspecified atom stereocenters. The molecule has 3 aliphatic rings. The van der Waals surface area contributed by atoms with Crippen molar-refractivity contribution in [3.05, 3.63) is 77.4 Å². The van der Waals surface area contributed by atoms with Gasteiger partial charge in [-0.2, -0.15) is 13.2 Å². The normalized spacial score (nSPS) is 19.6. The Morgan fingerprint density at radius 2 is 1.77 bits per heavy atom. The van der Waals surface area contributed by atoms with Gasteiger partial charge < -0.3 is 24.3 Å². The number of fused-ring (bicyclic) bond motifs is 6. The van der Waals surface area contributed by atoms with Crippen molar-refractivity contribution in [3.8, 4) is 34.2 Å². The molecular formula is C54H67F4N7O6. The molecule has 2 aromatic carbocycles. The minimum atomic E-state index is -4.60. The van der Waals surface area contributed by atoms with Gasteiger partial charge in [0.2, 0.25) is 5.91 Å². The fourth-order valence-corrected chi connectivity index (χ4v) is 9.28. The summed E-state index contributed by atoms with van der Waals surface area (Å²) in [5, 5.41) is 4.78. The predicted molar refractivity (Wildman–Crippen MR) is 263 cm³/mol. The average Bonchev–Trinajstić information content (AvgIpc) is 3.56. The van der Waals surface area contributed by atoms with Crippen molar-refractivity contribution in [3.63, 3.8) is 0 Å². The maximum Gasteiger partial charge on any atom is 0.406 e. The van der Waals surface area contributed by atoms with Crippen LogP contribution in [0.2, 0.25) is 0 Å². The number of likely N-dealkylation sites (tertiary alicyclic amines) is 1. The number of alkyl halides is 3. The van der Waals surface area contributed by atoms with Crippen molar-refractivity contribution in [1.29, 1.82) is 0 Å². The highest BCUT2D eigenvalue weighted by molar-refractivity contribution is 5.96. The van der Waals surface area contributed by atoms with Crippen molar-refractivity contribution in [2.45, 2.75) is 123 Å². The maximum absolute atomic E-state index is 16.0. The molecule has 4 aromatic rings. The van der Waals surface area contributed by atoms with E-state index in [0.717, 1.165) is 0 Å². The number of hydrazine groups is 1. The fraction of sp³-hybridized carbons (Fsp3) is 0.537. The largest absolute Gasteiger partial charge is 0.464 e. The Hall–Kier alpha value is -5.83. The number of benzene rings is 2. The van der Waals surface area contributed by atoms with Crippen molar-refractivity contribution in [1.82, 2.24) is 35.1 Å². The lowest BCUT2D eigenvalue weighted by Gasteiger charge is -2.39. The van der Waals surface area contributed by atoms with Crippen LogP contribution in [0.1, 0.15) is 91.0 Å². The number of carbonyl (C=O) groups is 4. The number of aromatic nitrogens is 2. The van der Waals surface area contributed by atoms with Gasteiger partial charge in [0.1, 0.15) is 24.4 Å². The number of nitrogens with zero attached hydrogens (tertiary/aromatic N) is 5. The first-order chi connectivity index (χ1) is 33.3. The quantitative estimate of drug-likeness (QED) is 0.0932. The molecule has 0 spiro atoms. The molecule has 5 heterocycles. The zero-order valence-corrected chi connectivity index (χ0v) is 42.4. The SMILES string of the molecule is CC(C)c1ncccc1-c1c2c3cc(ccc3n1CC(F)(F)F)-c1cc(F)cc(c1)C[C@H](NC(=O)[C@@H](COC1CN(C(=O)C#CC(C)(C)N(C)C)C1)C(C)C)C(=O)N1CCC[C@H](N1)C(=O)OCC(C)(C)C2. The molecule has 13 nitrogen and oxygen atoms in total. The highest BCUT2D eigenvalue weighted by atomic mass is 19.4. The Balaban J connectivity index is 1.24. The Kier molecular flexibility index (Phi) is 15.7. The molecule has 17 heteroatoms. The summed E-state index contributed by atoms with van der Waals surface area (Å²) >= 11 is 0. The van der Waals surface area contributed by atoms with Gasteiger partial charge in [0.25, 0.3) is 11.8 Å². The third kappa shape index (κ3) is 12.4. The molecule has 71 heavy (non-hydrogen) atoms. The summed E-state index contributed by atoms with van der Waals surface area (Å²) in [4.78, 5) is 63.7. The summed E-state index contributed by atoms with van der Waals surface area (Å²) in [6, 6.07) is 10.7. The van der Waals surface area contributed by atoms with E-state index in [1.54, 1.807) is 47.5 Å². The number of esters is 1. The Morgan fingerprint density at radius 1 is 1.04 bits per heavy atom. The van der Waals surface area contributed by atoms with E-state index in [4.69, 9.17) is 9.47 Å². The lowest BCUT2D eigenvalue weighted by molar-refractivity contribution is -0.155. The summed E-state index contributed by atoms with van der Waals surface area (Å²) in [5.41, 5.74) is 5.45. The molecule has 0 aliphatic carbocycles. The van der Waals surface area contributed by atoms with Gasteiger partial charge in [-0.25, -0.2) is 9.82 Å². The third-order valence-electron chi connectivity index (χ3n) is 13.9. The molecule has 0 radical (unpaired) electrons. The van der Waals surface area contributed by atoms with Crippen LogP contribution in [0.4, 0.5) is 17.6 Å². The van der Waals surface area contributed by atoms with Gasteiger partial charge in [0.05, 0.1) is 42.2 Å². The molecule has 382 valence electrons. The lowest BCUT2D eigenvalue weighted by atomic mass is 9.83. The number of cyclic esters (lactones) is 1. The lowest BCUT2D eigenvalue weighted by Crippen LogP contribution is -2.61. The van der Waals surface area contributed by atoms with Crippen LogP contribution in [0.15, 0.2) is 54.7 Å². The van der Waals surface area contributed by atoms with Gasteiger partial charge in [-0.1, -0.05) is 59.6 Å². The van der Waals surface area contributed by atoms with Crippen LogP contribution in [-0.4, -0.2) is 125 Å². The molecule has 3 atom stereocenters. The van der Waals surface area contributed by atoms with Crippen LogP contribution in [0.25, 0.3) is 33.3 Å². The second kappa shape index (κ2) is 21.1. The number of carbonyl (C=O) groups excluding carboxylic acids is 4. The van der Waals surface area contributed by atoms with Crippen LogP contribution in [0.5, 0.6) is 0 Å². The second-order valence-corrected chi connectivity index (χ2v) is 21.4. The van der Waals surface area contributed by atoms with Gasteiger partial charge >= 0.3 is 12.1 Å². The molecule has 2 aromatic heterocycles. The van der Waals surface area contributed by atoms with Crippen LogP contribution in [-0.2, 0) is 48.0 Å². The zero-order chi connectivity index (χ0) is 51.7. The summed E-state index contributed by atoms with van der Waals surface area (Å²) in [6.45, 7) is 14.6.